The third-order valence-electron chi connectivity index (χ3n) is 3.96. The summed E-state index contributed by atoms with van der Waals surface area (Å²) >= 11 is 11.8. The van der Waals surface area contributed by atoms with Gasteiger partial charge in [-0.25, -0.2) is 13.2 Å². The summed E-state index contributed by atoms with van der Waals surface area (Å²) in [7, 11) is -3.97. The van der Waals surface area contributed by atoms with Gasteiger partial charge in [0.25, 0.3) is 0 Å². The van der Waals surface area contributed by atoms with Crippen molar-refractivity contribution < 1.29 is 27.9 Å². The van der Waals surface area contributed by atoms with Crippen LogP contribution in [-0.4, -0.2) is 66.1 Å². The Morgan fingerprint density at radius 3 is 2.39 bits per heavy atom. The van der Waals surface area contributed by atoms with Gasteiger partial charge in [0.1, 0.15) is 11.6 Å². The molecule has 28 heavy (non-hydrogen) atoms. The molecule has 8 nitrogen and oxygen atoms in total. The number of ether oxygens (including phenoxy) is 1. The van der Waals surface area contributed by atoms with Crippen LogP contribution in [-0.2, 0) is 25.3 Å². The fourth-order valence-electron chi connectivity index (χ4n) is 2.72. The minimum atomic E-state index is -3.97. The molecule has 0 bridgehead atoms. The van der Waals surface area contributed by atoms with Gasteiger partial charge in [-0.1, -0.05) is 29.3 Å². The maximum absolute atomic E-state index is 12.8. The normalized spacial score (nSPS) is 18.8. The molecular formula is C17H22Cl2N2O6S. The number of hydrogen-bond acceptors (Lipinski definition) is 5. The van der Waals surface area contributed by atoms with Crippen molar-refractivity contribution in [1.29, 1.82) is 0 Å². The summed E-state index contributed by atoms with van der Waals surface area (Å²) in [5.41, 5.74) is -0.361. The quantitative estimate of drug-likeness (QED) is 0.752. The number of benzene rings is 1. The van der Waals surface area contributed by atoms with Gasteiger partial charge in [0.2, 0.25) is 10.0 Å². The van der Waals surface area contributed by atoms with Crippen molar-refractivity contribution in [2.45, 2.75) is 38.2 Å². The summed E-state index contributed by atoms with van der Waals surface area (Å²) < 4.78 is 31.8. The number of halogens is 2. The van der Waals surface area contributed by atoms with Gasteiger partial charge in [-0.15, -0.1) is 0 Å². The Labute approximate surface area is 174 Å². The van der Waals surface area contributed by atoms with Crippen LogP contribution in [0.4, 0.5) is 4.79 Å². The van der Waals surface area contributed by atoms with Crippen LogP contribution >= 0.6 is 23.2 Å². The minimum absolute atomic E-state index is 0.0271. The van der Waals surface area contributed by atoms with E-state index in [-0.39, 0.29) is 29.7 Å². The molecule has 0 saturated carbocycles. The van der Waals surface area contributed by atoms with Gasteiger partial charge in [0, 0.05) is 13.1 Å². The number of carbonyl (C=O) groups excluding carboxylic acids is 1. The van der Waals surface area contributed by atoms with Crippen molar-refractivity contribution in [3.8, 4) is 0 Å². The van der Waals surface area contributed by atoms with Crippen LogP contribution in [0.3, 0.4) is 0 Å². The highest BCUT2D eigenvalue weighted by molar-refractivity contribution is 7.88. The molecule has 11 heteroatoms. The van der Waals surface area contributed by atoms with Crippen molar-refractivity contribution in [2.24, 2.45) is 0 Å². The topological polar surface area (TPSA) is 104 Å². The van der Waals surface area contributed by atoms with E-state index in [9.17, 15) is 23.1 Å². The van der Waals surface area contributed by atoms with Crippen molar-refractivity contribution in [2.75, 3.05) is 19.6 Å². The Hall–Kier alpha value is -1.55. The summed E-state index contributed by atoms with van der Waals surface area (Å²) in [6, 6.07) is 3.00. The summed E-state index contributed by atoms with van der Waals surface area (Å²) in [4.78, 5) is 25.1. The number of hydrogen-bond donors (Lipinski definition) is 1. The number of aliphatic carboxylic acids is 1. The zero-order valence-corrected chi connectivity index (χ0v) is 18.0. The molecular weight excluding hydrogens is 431 g/mol. The van der Waals surface area contributed by atoms with Crippen LogP contribution in [0.5, 0.6) is 0 Å². The number of rotatable bonds is 4. The lowest BCUT2D eigenvalue weighted by Crippen LogP contribution is -2.59. The maximum atomic E-state index is 12.8. The minimum Gasteiger partial charge on any atom is -0.480 e. The predicted molar refractivity (Wildman–Crippen MR) is 105 cm³/mol. The molecule has 0 aliphatic carbocycles. The maximum Gasteiger partial charge on any atom is 0.410 e. The largest absolute Gasteiger partial charge is 0.480 e. The van der Waals surface area contributed by atoms with E-state index < -0.39 is 39.5 Å². The Kier molecular flexibility index (Phi) is 6.86. The van der Waals surface area contributed by atoms with Gasteiger partial charge in [0.15, 0.2) is 0 Å². The van der Waals surface area contributed by atoms with E-state index in [4.69, 9.17) is 27.9 Å². The third-order valence-corrected chi connectivity index (χ3v) is 6.55. The second-order valence-corrected chi connectivity index (χ2v) is 10.1. The number of nitrogens with zero attached hydrogens (tertiary/aromatic N) is 2. The highest BCUT2D eigenvalue weighted by atomic mass is 35.5. The molecule has 1 fully saturated rings. The second-order valence-electron chi connectivity index (χ2n) is 7.40. The summed E-state index contributed by atoms with van der Waals surface area (Å²) in [5.74, 6) is -1.77. The van der Waals surface area contributed by atoms with Gasteiger partial charge in [0.05, 0.1) is 22.3 Å². The van der Waals surface area contributed by atoms with Gasteiger partial charge in [-0.2, -0.15) is 4.31 Å². The predicted octanol–water partition coefficient (Wildman–Crippen LogP) is 2.83. The van der Waals surface area contributed by atoms with E-state index in [1.54, 1.807) is 20.8 Å². The fourth-order valence-corrected chi connectivity index (χ4v) is 4.71. The van der Waals surface area contributed by atoms with E-state index in [1.165, 1.54) is 23.1 Å². The van der Waals surface area contributed by atoms with Crippen LogP contribution in [0.2, 0.25) is 10.0 Å². The van der Waals surface area contributed by atoms with E-state index in [2.05, 4.69) is 0 Å². The van der Waals surface area contributed by atoms with Gasteiger partial charge < -0.3 is 14.7 Å². The van der Waals surface area contributed by atoms with Crippen LogP contribution < -0.4 is 0 Å². The summed E-state index contributed by atoms with van der Waals surface area (Å²) in [6.45, 7) is 4.65. The molecule has 1 heterocycles. The molecule has 1 saturated heterocycles. The molecule has 156 valence electrons. The van der Waals surface area contributed by atoms with Crippen molar-refractivity contribution in [3.05, 3.63) is 33.8 Å². The summed E-state index contributed by atoms with van der Waals surface area (Å²) in [6.07, 6.45) is -0.680. The Morgan fingerprint density at radius 2 is 1.86 bits per heavy atom. The van der Waals surface area contributed by atoms with Crippen LogP contribution in [0, 0.1) is 0 Å². The molecule has 1 aromatic carbocycles. The molecule has 0 radical (unpaired) electrons. The van der Waals surface area contributed by atoms with E-state index in [1.807, 2.05) is 0 Å². The molecule has 0 aromatic heterocycles. The average Bonchev–Trinajstić information content (AvgIpc) is 2.55. The molecule has 0 unspecified atom stereocenters. The lowest BCUT2D eigenvalue weighted by Gasteiger charge is -2.38. The zero-order chi connectivity index (χ0) is 21.3. The number of carboxylic acid groups (broad SMARTS) is 1. The van der Waals surface area contributed by atoms with Crippen LogP contribution in [0.25, 0.3) is 0 Å². The van der Waals surface area contributed by atoms with Crippen molar-refractivity contribution in [1.82, 2.24) is 9.21 Å². The monoisotopic (exact) mass is 452 g/mol. The lowest BCUT2D eigenvalue weighted by molar-refractivity contribution is -0.143. The van der Waals surface area contributed by atoms with E-state index in [0.717, 1.165) is 4.31 Å². The molecule has 1 amide bonds. The Balaban J connectivity index is 2.19. The first-order chi connectivity index (χ1) is 12.8. The number of carboxylic acids is 1. The second kappa shape index (κ2) is 8.44. The number of carbonyl (C=O) groups is 2. The standard InChI is InChI=1S/C17H22Cl2N2O6S/c1-17(2,3)27-16(24)20-6-7-21(14(9-20)15(22)23)28(25,26)10-11-4-5-12(18)13(19)8-11/h4-5,8,14H,6-7,9-10H2,1-3H3,(H,22,23)/t14-/m0/s1. The molecule has 1 N–H and O–H groups in total. The van der Waals surface area contributed by atoms with Gasteiger partial charge in [-0.3, -0.25) is 4.79 Å². The molecule has 1 aliphatic heterocycles. The number of sulfonamides is 1. The van der Waals surface area contributed by atoms with Crippen LogP contribution in [0.15, 0.2) is 18.2 Å². The highest BCUT2D eigenvalue weighted by Crippen LogP contribution is 2.25. The number of amides is 1. The van der Waals surface area contributed by atoms with E-state index >= 15 is 0 Å². The smallest absolute Gasteiger partial charge is 0.410 e. The fraction of sp³-hybridized carbons (Fsp3) is 0.529. The first-order valence-electron chi connectivity index (χ1n) is 8.44. The Bertz CT molecular complexity index is 869. The van der Waals surface area contributed by atoms with Crippen molar-refractivity contribution >= 4 is 45.3 Å². The Morgan fingerprint density at radius 1 is 1.21 bits per heavy atom. The first kappa shape index (κ1) is 22.7. The molecule has 2 rings (SSSR count). The van der Waals surface area contributed by atoms with E-state index in [0.29, 0.717) is 5.56 Å². The third kappa shape index (κ3) is 5.73. The van der Waals surface area contributed by atoms with Crippen molar-refractivity contribution in [3.63, 3.8) is 0 Å². The van der Waals surface area contributed by atoms with Gasteiger partial charge >= 0.3 is 12.1 Å². The zero-order valence-electron chi connectivity index (χ0n) is 15.7. The molecule has 1 aliphatic rings. The number of piperazine rings is 1. The summed E-state index contributed by atoms with van der Waals surface area (Å²) in [5, 5.41) is 10.0. The van der Waals surface area contributed by atoms with Gasteiger partial charge in [-0.05, 0) is 38.5 Å². The molecule has 1 aromatic rings. The highest BCUT2D eigenvalue weighted by Gasteiger charge is 2.41. The first-order valence-corrected chi connectivity index (χ1v) is 10.8. The molecule has 1 atom stereocenters. The average molecular weight is 453 g/mol. The lowest BCUT2D eigenvalue weighted by atomic mass is 10.2. The van der Waals surface area contributed by atoms with Crippen LogP contribution in [0.1, 0.15) is 26.3 Å². The molecule has 0 spiro atoms. The SMILES string of the molecule is CC(C)(C)OC(=O)N1CCN(S(=O)(=O)Cc2ccc(Cl)c(Cl)c2)[C@H](C(=O)O)C1.